The van der Waals surface area contributed by atoms with E-state index in [1.165, 1.54) is 12.1 Å². The molecule has 1 heterocycles. The van der Waals surface area contributed by atoms with Crippen LogP contribution < -0.4 is 20.3 Å². The summed E-state index contributed by atoms with van der Waals surface area (Å²) in [6, 6.07) is 13.9. The van der Waals surface area contributed by atoms with E-state index in [2.05, 4.69) is 27.5 Å². The summed E-state index contributed by atoms with van der Waals surface area (Å²) in [5, 5.41) is 14.8. The van der Waals surface area contributed by atoms with Crippen LogP contribution in [0.25, 0.3) is 0 Å². The van der Waals surface area contributed by atoms with Crippen LogP contribution in [0.4, 0.5) is 16.2 Å². The summed E-state index contributed by atoms with van der Waals surface area (Å²) in [5.74, 6) is 0.734. The molecule has 3 rings (SSSR count). The van der Waals surface area contributed by atoms with E-state index in [4.69, 9.17) is 4.74 Å². The maximum Gasteiger partial charge on any atom is 0.322 e. The number of urea groups is 1. The van der Waals surface area contributed by atoms with Crippen molar-refractivity contribution in [3.05, 3.63) is 48.5 Å². The van der Waals surface area contributed by atoms with Crippen molar-refractivity contribution in [1.29, 1.82) is 0 Å². The molecule has 2 aromatic carbocycles. The number of carbonyl (C=O) groups excluding carboxylic acids is 1. The third-order valence-corrected chi connectivity index (χ3v) is 4.48. The molecule has 1 atom stereocenters. The summed E-state index contributed by atoms with van der Waals surface area (Å²) in [4.78, 5) is 16.8. The molecule has 1 fully saturated rings. The zero-order chi connectivity index (χ0) is 19.2. The Morgan fingerprint density at radius 3 is 2.30 bits per heavy atom. The van der Waals surface area contributed by atoms with Gasteiger partial charge in [0, 0.05) is 37.6 Å². The Labute approximate surface area is 159 Å². The minimum absolute atomic E-state index is 0.167. The summed E-state index contributed by atoms with van der Waals surface area (Å²) in [7, 11) is 2.13. The van der Waals surface area contributed by atoms with Crippen LogP contribution in [0.5, 0.6) is 11.5 Å². The number of hydrogen-bond donors (Lipinski definition) is 3. The standard InChI is InChI=1S/C20H26N4O3/c1-15(27-19-9-7-18(25)8-10-19)21-20(26)22-16-3-5-17(6-4-16)24-13-11-23(2)12-14-24/h3-10,15,25H,11-14H2,1-2H3,(H2,21,22,26). The van der Waals surface area contributed by atoms with Gasteiger partial charge in [-0.1, -0.05) is 0 Å². The minimum Gasteiger partial charge on any atom is -0.508 e. The molecule has 0 aliphatic carbocycles. The van der Waals surface area contributed by atoms with E-state index in [1.807, 2.05) is 24.3 Å². The second-order valence-corrected chi connectivity index (χ2v) is 6.69. The summed E-state index contributed by atoms with van der Waals surface area (Å²) < 4.78 is 5.59. The topological polar surface area (TPSA) is 77.1 Å². The zero-order valence-corrected chi connectivity index (χ0v) is 15.7. The van der Waals surface area contributed by atoms with Gasteiger partial charge in [0.2, 0.25) is 0 Å². The number of anilines is 2. The minimum atomic E-state index is -0.515. The smallest absolute Gasteiger partial charge is 0.322 e. The average Bonchev–Trinajstić information content (AvgIpc) is 2.65. The number of phenols is 1. The number of aromatic hydroxyl groups is 1. The predicted molar refractivity (Wildman–Crippen MR) is 107 cm³/mol. The van der Waals surface area contributed by atoms with Gasteiger partial charge in [0.1, 0.15) is 11.5 Å². The number of phenolic OH excluding ortho intramolecular Hbond substituents is 1. The zero-order valence-electron chi connectivity index (χ0n) is 15.7. The van der Waals surface area contributed by atoms with Crippen LogP contribution in [0.1, 0.15) is 6.92 Å². The normalized spacial score (nSPS) is 15.9. The largest absolute Gasteiger partial charge is 0.508 e. The lowest BCUT2D eigenvalue weighted by molar-refractivity contribution is 0.183. The molecule has 1 aliphatic rings. The fourth-order valence-corrected chi connectivity index (χ4v) is 2.93. The number of likely N-dealkylation sites (N-methyl/N-ethyl adjacent to an activating group) is 1. The van der Waals surface area contributed by atoms with Gasteiger partial charge in [-0.05, 0) is 62.5 Å². The second kappa shape index (κ2) is 8.64. The van der Waals surface area contributed by atoms with Crippen molar-refractivity contribution >= 4 is 17.4 Å². The third kappa shape index (κ3) is 5.52. The molecule has 0 aromatic heterocycles. The number of carbonyl (C=O) groups is 1. The Balaban J connectivity index is 1.48. The van der Waals surface area contributed by atoms with Gasteiger partial charge in [0.15, 0.2) is 6.23 Å². The highest BCUT2D eigenvalue weighted by Gasteiger charge is 2.14. The quantitative estimate of drug-likeness (QED) is 0.706. The first-order chi connectivity index (χ1) is 13.0. The molecule has 2 aromatic rings. The number of hydrogen-bond acceptors (Lipinski definition) is 5. The fraction of sp³-hybridized carbons (Fsp3) is 0.350. The molecule has 0 saturated carbocycles. The number of nitrogens with zero attached hydrogens (tertiary/aromatic N) is 2. The molecule has 0 spiro atoms. The molecule has 1 saturated heterocycles. The molecule has 2 amide bonds. The number of rotatable bonds is 5. The van der Waals surface area contributed by atoms with E-state index in [9.17, 15) is 9.90 Å². The first-order valence-electron chi connectivity index (χ1n) is 9.06. The third-order valence-electron chi connectivity index (χ3n) is 4.48. The van der Waals surface area contributed by atoms with E-state index < -0.39 is 6.23 Å². The molecular weight excluding hydrogens is 344 g/mol. The van der Waals surface area contributed by atoms with Gasteiger partial charge in [0.05, 0.1) is 0 Å². The highest BCUT2D eigenvalue weighted by atomic mass is 16.5. The Hall–Kier alpha value is -2.93. The number of benzene rings is 2. The van der Waals surface area contributed by atoms with E-state index in [1.54, 1.807) is 19.1 Å². The molecule has 0 bridgehead atoms. The van der Waals surface area contributed by atoms with Crippen LogP contribution in [-0.2, 0) is 0 Å². The predicted octanol–water partition coefficient (Wildman–Crippen LogP) is 2.69. The lowest BCUT2D eigenvalue weighted by atomic mass is 10.2. The SMILES string of the molecule is CC(NC(=O)Nc1ccc(N2CCN(C)CC2)cc1)Oc1ccc(O)cc1. The van der Waals surface area contributed by atoms with Crippen molar-refractivity contribution in [2.45, 2.75) is 13.2 Å². The molecule has 1 aliphatic heterocycles. The van der Waals surface area contributed by atoms with E-state index in [-0.39, 0.29) is 11.8 Å². The van der Waals surface area contributed by atoms with Crippen LogP contribution in [0.15, 0.2) is 48.5 Å². The van der Waals surface area contributed by atoms with Crippen molar-refractivity contribution in [3.63, 3.8) is 0 Å². The van der Waals surface area contributed by atoms with Crippen molar-refractivity contribution in [2.75, 3.05) is 43.4 Å². The highest BCUT2D eigenvalue weighted by Crippen LogP contribution is 2.19. The second-order valence-electron chi connectivity index (χ2n) is 6.69. The molecular formula is C20H26N4O3. The molecule has 1 unspecified atom stereocenters. The lowest BCUT2D eigenvalue weighted by Crippen LogP contribution is -2.44. The van der Waals surface area contributed by atoms with E-state index >= 15 is 0 Å². The van der Waals surface area contributed by atoms with Crippen LogP contribution in [-0.4, -0.2) is 55.5 Å². The first-order valence-corrected chi connectivity index (χ1v) is 9.06. The summed E-state index contributed by atoms with van der Waals surface area (Å²) in [6.45, 7) is 5.87. The van der Waals surface area contributed by atoms with Crippen molar-refractivity contribution < 1.29 is 14.6 Å². The van der Waals surface area contributed by atoms with Gasteiger partial charge in [-0.2, -0.15) is 0 Å². The van der Waals surface area contributed by atoms with Crippen LogP contribution in [0.3, 0.4) is 0 Å². The highest BCUT2D eigenvalue weighted by molar-refractivity contribution is 5.89. The molecule has 0 radical (unpaired) electrons. The van der Waals surface area contributed by atoms with Gasteiger partial charge >= 0.3 is 6.03 Å². The van der Waals surface area contributed by atoms with Crippen molar-refractivity contribution in [2.24, 2.45) is 0 Å². The van der Waals surface area contributed by atoms with Gasteiger partial charge in [0.25, 0.3) is 0 Å². The molecule has 3 N–H and O–H groups in total. The van der Waals surface area contributed by atoms with E-state index in [0.29, 0.717) is 5.75 Å². The molecule has 144 valence electrons. The average molecular weight is 370 g/mol. The monoisotopic (exact) mass is 370 g/mol. The number of piperazine rings is 1. The maximum absolute atomic E-state index is 12.1. The van der Waals surface area contributed by atoms with Gasteiger partial charge in [-0.25, -0.2) is 4.79 Å². The van der Waals surface area contributed by atoms with Gasteiger partial charge < -0.3 is 30.3 Å². The van der Waals surface area contributed by atoms with E-state index in [0.717, 1.165) is 37.6 Å². The Bertz CT molecular complexity index is 741. The van der Waals surface area contributed by atoms with Crippen LogP contribution >= 0.6 is 0 Å². The molecule has 27 heavy (non-hydrogen) atoms. The Morgan fingerprint density at radius 1 is 1.04 bits per heavy atom. The number of ether oxygens (including phenoxy) is 1. The Kier molecular flexibility index (Phi) is 6.03. The lowest BCUT2D eigenvalue weighted by Gasteiger charge is -2.34. The van der Waals surface area contributed by atoms with Crippen LogP contribution in [0, 0.1) is 0 Å². The first kappa shape index (κ1) is 18.8. The fourth-order valence-electron chi connectivity index (χ4n) is 2.93. The van der Waals surface area contributed by atoms with Crippen molar-refractivity contribution in [1.82, 2.24) is 10.2 Å². The number of amides is 2. The Morgan fingerprint density at radius 2 is 1.67 bits per heavy atom. The molecule has 7 heteroatoms. The summed E-state index contributed by atoms with van der Waals surface area (Å²) in [5.41, 5.74) is 1.89. The molecule has 7 nitrogen and oxygen atoms in total. The van der Waals surface area contributed by atoms with Gasteiger partial charge in [-0.15, -0.1) is 0 Å². The van der Waals surface area contributed by atoms with Gasteiger partial charge in [-0.3, -0.25) is 0 Å². The van der Waals surface area contributed by atoms with Crippen LogP contribution in [0.2, 0.25) is 0 Å². The number of nitrogens with one attached hydrogen (secondary N) is 2. The maximum atomic E-state index is 12.1. The van der Waals surface area contributed by atoms with Crippen molar-refractivity contribution in [3.8, 4) is 11.5 Å². The summed E-state index contributed by atoms with van der Waals surface area (Å²) >= 11 is 0. The summed E-state index contributed by atoms with van der Waals surface area (Å²) in [6.07, 6.45) is -0.515.